The Hall–Kier alpha value is -4.63. The molecular formula is C36H43N5O4. The van der Waals surface area contributed by atoms with E-state index in [-0.39, 0.29) is 0 Å². The zero-order valence-electron chi connectivity index (χ0n) is 26.7. The zero-order chi connectivity index (χ0) is 31.6. The molecule has 0 unspecified atom stereocenters. The first kappa shape index (κ1) is 31.8. The number of nitrogens with zero attached hydrogens (tertiary/aromatic N) is 4. The number of carbonyl (C=O) groups excluding carboxylic acids is 1. The maximum Gasteiger partial charge on any atom is 0.425 e. The predicted molar refractivity (Wildman–Crippen MR) is 179 cm³/mol. The fourth-order valence-electron chi connectivity index (χ4n) is 5.56. The van der Waals surface area contributed by atoms with Crippen molar-refractivity contribution in [3.63, 3.8) is 0 Å². The van der Waals surface area contributed by atoms with E-state index in [1.807, 2.05) is 81.4 Å². The van der Waals surface area contributed by atoms with Gasteiger partial charge in [0.05, 0.1) is 19.4 Å². The van der Waals surface area contributed by atoms with Crippen molar-refractivity contribution in [3.05, 3.63) is 89.6 Å². The Kier molecular flexibility index (Phi) is 10.9. The van der Waals surface area contributed by atoms with Gasteiger partial charge >= 0.3 is 6.09 Å². The smallest absolute Gasteiger partial charge is 0.425 e. The molecule has 0 radical (unpaired) electrons. The summed E-state index contributed by atoms with van der Waals surface area (Å²) in [5, 5.41) is 3.26. The molecule has 0 spiro atoms. The van der Waals surface area contributed by atoms with Crippen LogP contribution in [-0.4, -0.2) is 54.3 Å². The summed E-state index contributed by atoms with van der Waals surface area (Å²) < 4.78 is 17.4. The van der Waals surface area contributed by atoms with E-state index in [1.165, 1.54) is 37.3 Å². The van der Waals surface area contributed by atoms with E-state index in [2.05, 4.69) is 15.2 Å². The third-order valence-corrected chi connectivity index (χ3v) is 8.01. The molecule has 236 valence electrons. The average Bonchev–Trinajstić information content (AvgIpc) is 3.06. The van der Waals surface area contributed by atoms with Crippen LogP contribution in [0, 0.1) is 13.8 Å². The normalized spacial score (nSPS) is 13.2. The molecule has 1 N–H and O–H groups in total. The van der Waals surface area contributed by atoms with Gasteiger partial charge in [0.15, 0.2) is 0 Å². The summed E-state index contributed by atoms with van der Waals surface area (Å²) in [6, 6.07) is 20.8. The van der Waals surface area contributed by atoms with Crippen LogP contribution in [0.15, 0.2) is 72.9 Å². The second kappa shape index (κ2) is 15.4. The van der Waals surface area contributed by atoms with Gasteiger partial charge in [-0.2, -0.15) is 4.98 Å². The van der Waals surface area contributed by atoms with Crippen molar-refractivity contribution in [2.75, 3.05) is 43.6 Å². The number of nitrogens with one attached hydrogen (secondary N) is 1. The largest absolute Gasteiger partial charge is 0.497 e. The lowest BCUT2D eigenvalue weighted by Gasteiger charge is -2.26. The summed E-state index contributed by atoms with van der Waals surface area (Å²) in [5.74, 6) is 2.77. The molecule has 1 fully saturated rings. The molecule has 4 aromatic rings. The summed E-state index contributed by atoms with van der Waals surface area (Å²) in [6.07, 6.45) is 6.69. The Balaban J connectivity index is 1.33. The number of hydrogen-bond donors (Lipinski definition) is 1. The Bertz CT molecular complexity index is 1550. The van der Waals surface area contributed by atoms with Crippen molar-refractivity contribution in [2.45, 2.75) is 52.9 Å². The summed E-state index contributed by atoms with van der Waals surface area (Å²) in [6.45, 7) is 10.0. The lowest BCUT2D eigenvalue weighted by molar-refractivity contribution is 0.205. The highest BCUT2D eigenvalue weighted by Crippen LogP contribution is 2.33. The molecule has 45 heavy (non-hydrogen) atoms. The number of anilines is 4. The standard InChI is InChI=1S/C36H43N5O4/c1-5-28-25-31(43-4)17-18-32(28)41(36(42)45-34-26(2)11-9-12-27(34)3)33-19-20-37-35(39-33)38-29-13-15-30(16-14-29)44-24-10-23-40-21-7-6-8-22-40/h9,11-20,25H,5-8,10,21-24H2,1-4H3,(H,37,38,39). The molecule has 1 aromatic heterocycles. The van der Waals surface area contributed by atoms with Gasteiger partial charge in [-0.3, -0.25) is 0 Å². The number of aromatic nitrogens is 2. The van der Waals surface area contributed by atoms with E-state index in [9.17, 15) is 4.79 Å². The molecule has 0 bridgehead atoms. The molecule has 3 aromatic carbocycles. The fourth-order valence-corrected chi connectivity index (χ4v) is 5.56. The van der Waals surface area contributed by atoms with Crippen LogP contribution in [-0.2, 0) is 6.42 Å². The summed E-state index contributed by atoms with van der Waals surface area (Å²) >= 11 is 0. The number of para-hydroxylation sites is 1. The number of aryl methyl sites for hydroxylation is 3. The fraction of sp³-hybridized carbons (Fsp3) is 0.361. The number of likely N-dealkylation sites (tertiary alicyclic amines) is 1. The van der Waals surface area contributed by atoms with Crippen molar-refractivity contribution in [1.29, 1.82) is 0 Å². The van der Waals surface area contributed by atoms with E-state index in [0.29, 0.717) is 42.0 Å². The number of benzene rings is 3. The Morgan fingerprint density at radius 3 is 2.40 bits per heavy atom. The molecule has 0 atom stereocenters. The molecule has 1 aliphatic rings. The van der Waals surface area contributed by atoms with Crippen LogP contribution in [0.2, 0.25) is 0 Å². The Labute approximate surface area is 266 Å². The first-order chi connectivity index (χ1) is 21.9. The van der Waals surface area contributed by atoms with Gasteiger partial charge in [-0.15, -0.1) is 0 Å². The van der Waals surface area contributed by atoms with E-state index in [1.54, 1.807) is 19.4 Å². The quantitative estimate of drug-likeness (QED) is 0.162. The van der Waals surface area contributed by atoms with Crippen LogP contribution >= 0.6 is 0 Å². The van der Waals surface area contributed by atoms with Crippen molar-refractivity contribution in [1.82, 2.24) is 14.9 Å². The Morgan fingerprint density at radius 2 is 1.69 bits per heavy atom. The number of hydrogen-bond acceptors (Lipinski definition) is 8. The highest BCUT2D eigenvalue weighted by atomic mass is 16.6. The van der Waals surface area contributed by atoms with Crippen LogP contribution in [0.5, 0.6) is 17.2 Å². The molecule has 0 aliphatic carbocycles. The first-order valence-corrected chi connectivity index (χ1v) is 15.8. The lowest BCUT2D eigenvalue weighted by Crippen LogP contribution is -2.31. The monoisotopic (exact) mass is 609 g/mol. The molecule has 1 saturated heterocycles. The third kappa shape index (κ3) is 8.30. The van der Waals surface area contributed by atoms with E-state index in [4.69, 9.17) is 19.2 Å². The van der Waals surface area contributed by atoms with Crippen LogP contribution in [0.25, 0.3) is 0 Å². The first-order valence-electron chi connectivity index (χ1n) is 15.8. The topological polar surface area (TPSA) is 89.0 Å². The third-order valence-electron chi connectivity index (χ3n) is 8.01. The van der Waals surface area contributed by atoms with Crippen LogP contribution in [0.4, 0.5) is 27.9 Å². The van der Waals surface area contributed by atoms with Crippen molar-refractivity contribution >= 4 is 29.2 Å². The van der Waals surface area contributed by atoms with Crippen molar-refractivity contribution in [2.24, 2.45) is 0 Å². The molecule has 5 rings (SSSR count). The van der Waals surface area contributed by atoms with E-state index in [0.717, 1.165) is 41.1 Å². The van der Waals surface area contributed by atoms with Crippen LogP contribution < -0.4 is 24.4 Å². The molecular weight excluding hydrogens is 566 g/mol. The maximum absolute atomic E-state index is 13.9. The van der Waals surface area contributed by atoms with Gasteiger partial charge in [-0.25, -0.2) is 14.7 Å². The van der Waals surface area contributed by atoms with Gasteiger partial charge < -0.3 is 24.4 Å². The second-order valence-corrected chi connectivity index (χ2v) is 11.3. The van der Waals surface area contributed by atoms with Gasteiger partial charge in [0, 0.05) is 24.5 Å². The number of carbonyl (C=O) groups is 1. The molecule has 9 heteroatoms. The number of piperidine rings is 1. The van der Waals surface area contributed by atoms with Gasteiger partial charge in [0.2, 0.25) is 5.95 Å². The van der Waals surface area contributed by atoms with E-state index < -0.39 is 6.09 Å². The second-order valence-electron chi connectivity index (χ2n) is 11.3. The van der Waals surface area contributed by atoms with Crippen molar-refractivity contribution < 1.29 is 19.0 Å². The minimum atomic E-state index is -0.571. The highest BCUT2D eigenvalue weighted by Gasteiger charge is 2.26. The van der Waals surface area contributed by atoms with Gasteiger partial charge in [0.1, 0.15) is 23.1 Å². The number of rotatable bonds is 12. The predicted octanol–water partition coefficient (Wildman–Crippen LogP) is 8.00. The number of amides is 1. The molecule has 1 amide bonds. The zero-order valence-corrected chi connectivity index (χ0v) is 26.7. The SMILES string of the molecule is CCc1cc(OC)ccc1N(C(=O)Oc1c(C)cccc1C)c1ccnc(Nc2ccc(OCCCN3CCCCC3)cc2)n1. The van der Waals surface area contributed by atoms with Crippen LogP contribution in [0.1, 0.15) is 49.3 Å². The van der Waals surface area contributed by atoms with E-state index >= 15 is 0 Å². The summed E-state index contributed by atoms with van der Waals surface area (Å²) in [7, 11) is 1.62. The lowest BCUT2D eigenvalue weighted by atomic mass is 10.1. The molecule has 0 saturated carbocycles. The summed E-state index contributed by atoms with van der Waals surface area (Å²) in [4.78, 5) is 27.1. The van der Waals surface area contributed by atoms with Gasteiger partial charge in [-0.05, 0) is 112 Å². The Morgan fingerprint density at radius 1 is 0.956 bits per heavy atom. The minimum Gasteiger partial charge on any atom is -0.497 e. The average molecular weight is 610 g/mol. The maximum atomic E-state index is 13.9. The van der Waals surface area contributed by atoms with Gasteiger partial charge in [-0.1, -0.05) is 31.5 Å². The van der Waals surface area contributed by atoms with Gasteiger partial charge in [0.25, 0.3) is 0 Å². The van der Waals surface area contributed by atoms with Crippen molar-refractivity contribution in [3.8, 4) is 17.2 Å². The summed E-state index contributed by atoms with van der Waals surface area (Å²) in [5.41, 5.74) is 4.10. The van der Waals surface area contributed by atoms with Crippen LogP contribution in [0.3, 0.4) is 0 Å². The highest BCUT2D eigenvalue weighted by molar-refractivity contribution is 5.97. The number of ether oxygens (including phenoxy) is 3. The molecule has 9 nitrogen and oxygen atoms in total. The molecule has 2 heterocycles. The number of methoxy groups -OCH3 is 1. The molecule has 1 aliphatic heterocycles. The minimum absolute atomic E-state index is 0.346.